The highest BCUT2D eigenvalue weighted by Crippen LogP contribution is 2.37. The van der Waals surface area contributed by atoms with Crippen LogP contribution >= 0.6 is 11.3 Å². The van der Waals surface area contributed by atoms with Crippen LogP contribution in [0.25, 0.3) is 10.2 Å². The molecule has 0 unspecified atom stereocenters. The number of fused-ring (bicyclic) bond motifs is 1. The maximum atomic E-state index is 13.1. The first-order chi connectivity index (χ1) is 13.0. The van der Waals surface area contributed by atoms with Gasteiger partial charge in [0.1, 0.15) is 10.7 Å². The third kappa shape index (κ3) is 3.64. The smallest absolute Gasteiger partial charge is 0.328 e. The van der Waals surface area contributed by atoms with Gasteiger partial charge in [0.05, 0.1) is 16.3 Å². The fourth-order valence-electron chi connectivity index (χ4n) is 3.61. The van der Waals surface area contributed by atoms with Gasteiger partial charge in [0, 0.05) is 12.2 Å². The number of carbonyl (C=O) groups excluding carboxylic acids is 1. The van der Waals surface area contributed by atoms with Crippen LogP contribution in [0.15, 0.2) is 35.1 Å². The summed E-state index contributed by atoms with van der Waals surface area (Å²) >= 11 is 1.63. The molecule has 1 fully saturated rings. The number of aromatic nitrogens is 3. The molecule has 4 rings (SSSR count). The molecule has 1 saturated heterocycles. The van der Waals surface area contributed by atoms with Crippen molar-refractivity contribution in [1.29, 1.82) is 0 Å². The van der Waals surface area contributed by atoms with Crippen molar-refractivity contribution in [3.05, 3.63) is 57.2 Å². The van der Waals surface area contributed by atoms with E-state index < -0.39 is 5.69 Å². The van der Waals surface area contributed by atoms with Crippen LogP contribution in [-0.4, -0.2) is 32.3 Å². The van der Waals surface area contributed by atoms with Crippen LogP contribution in [0.4, 0.5) is 0 Å². The van der Waals surface area contributed by atoms with Crippen molar-refractivity contribution in [3.8, 4) is 0 Å². The summed E-state index contributed by atoms with van der Waals surface area (Å²) in [6, 6.07) is 9.68. The second-order valence-corrected chi connectivity index (χ2v) is 8.43. The number of thiazole rings is 1. The van der Waals surface area contributed by atoms with Crippen molar-refractivity contribution in [1.82, 2.24) is 19.9 Å². The largest absolute Gasteiger partial charge is 0.345 e. The van der Waals surface area contributed by atoms with Crippen molar-refractivity contribution >= 4 is 27.5 Å². The molecule has 0 saturated carbocycles. The Labute approximate surface area is 161 Å². The maximum absolute atomic E-state index is 13.1. The van der Waals surface area contributed by atoms with Crippen LogP contribution in [0.1, 0.15) is 53.9 Å². The van der Waals surface area contributed by atoms with Crippen molar-refractivity contribution in [2.75, 3.05) is 6.54 Å². The molecular weight excluding hydrogens is 360 g/mol. The van der Waals surface area contributed by atoms with E-state index in [2.05, 4.69) is 23.8 Å². The predicted molar refractivity (Wildman–Crippen MR) is 106 cm³/mol. The molecule has 0 radical (unpaired) electrons. The number of nitrogens with one attached hydrogen (secondary N) is 1. The SMILES string of the molecule is CC(C)Cc1cc(C(=O)N2CCC[C@H]2c2nc3ccccc3s2)nc(=O)[nH]1. The Bertz CT molecular complexity index is 1010. The minimum atomic E-state index is -0.466. The number of aromatic amines is 1. The number of carbonyl (C=O) groups is 1. The van der Waals surface area contributed by atoms with E-state index in [1.54, 1.807) is 17.4 Å². The lowest BCUT2D eigenvalue weighted by atomic mass is 10.1. The molecule has 140 valence electrons. The molecule has 1 aliphatic rings. The molecule has 1 aromatic carbocycles. The first-order valence-corrected chi connectivity index (χ1v) is 10.1. The lowest BCUT2D eigenvalue weighted by molar-refractivity contribution is 0.0728. The maximum Gasteiger partial charge on any atom is 0.345 e. The average Bonchev–Trinajstić information content (AvgIpc) is 3.26. The zero-order chi connectivity index (χ0) is 19.0. The summed E-state index contributed by atoms with van der Waals surface area (Å²) in [6.07, 6.45) is 2.52. The van der Waals surface area contributed by atoms with Crippen LogP contribution in [0.5, 0.6) is 0 Å². The van der Waals surface area contributed by atoms with Gasteiger partial charge in [0.25, 0.3) is 5.91 Å². The molecular formula is C20H22N4O2S. The van der Waals surface area contributed by atoms with Crippen LogP contribution in [0.3, 0.4) is 0 Å². The van der Waals surface area contributed by atoms with Gasteiger partial charge < -0.3 is 9.88 Å². The van der Waals surface area contributed by atoms with Gasteiger partial charge in [-0.3, -0.25) is 4.79 Å². The fourth-order valence-corrected chi connectivity index (χ4v) is 4.73. The molecule has 0 bridgehead atoms. The first-order valence-electron chi connectivity index (χ1n) is 9.28. The van der Waals surface area contributed by atoms with Crippen LogP contribution in [0.2, 0.25) is 0 Å². The Morgan fingerprint density at radius 2 is 2.15 bits per heavy atom. The van der Waals surface area contributed by atoms with E-state index in [-0.39, 0.29) is 17.6 Å². The molecule has 3 heterocycles. The summed E-state index contributed by atoms with van der Waals surface area (Å²) in [6.45, 7) is 4.81. The van der Waals surface area contributed by atoms with E-state index in [9.17, 15) is 9.59 Å². The number of nitrogens with zero attached hydrogens (tertiary/aromatic N) is 3. The molecule has 1 aliphatic heterocycles. The minimum Gasteiger partial charge on any atom is -0.328 e. The molecule has 0 spiro atoms. The van der Waals surface area contributed by atoms with Crippen molar-refractivity contribution < 1.29 is 4.79 Å². The van der Waals surface area contributed by atoms with Crippen LogP contribution in [-0.2, 0) is 6.42 Å². The van der Waals surface area contributed by atoms with Gasteiger partial charge in [-0.25, -0.2) is 9.78 Å². The number of H-pyrrole nitrogens is 1. The van der Waals surface area contributed by atoms with Gasteiger partial charge in [0.2, 0.25) is 0 Å². The van der Waals surface area contributed by atoms with Gasteiger partial charge >= 0.3 is 5.69 Å². The average molecular weight is 382 g/mol. The molecule has 2 aromatic heterocycles. The normalized spacial score (nSPS) is 17.1. The number of hydrogen-bond acceptors (Lipinski definition) is 5. The predicted octanol–water partition coefficient (Wildman–Crippen LogP) is 3.56. The number of hydrogen-bond donors (Lipinski definition) is 1. The Morgan fingerprint density at radius 1 is 1.33 bits per heavy atom. The summed E-state index contributed by atoms with van der Waals surface area (Å²) in [7, 11) is 0. The van der Waals surface area contributed by atoms with E-state index in [1.807, 2.05) is 29.2 Å². The summed E-state index contributed by atoms with van der Waals surface area (Å²) in [4.78, 5) is 38.3. The van der Waals surface area contributed by atoms with Gasteiger partial charge in [-0.05, 0) is 43.4 Å². The number of benzene rings is 1. The van der Waals surface area contributed by atoms with E-state index in [0.29, 0.717) is 18.9 Å². The Morgan fingerprint density at radius 3 is 2.93 bits per heavy atom. The second-order valence-electron chi connectivity index (χ2n) is 7.37. The van der Waals surface area contributed by atoms with Crippen molar-refractivity contribution in [2.24, 2.45) is 5.92 Å². The van der Waals surface area contributed by atoms with E-state index in [1.165, 1.54) is 0 Å². The lowest BCUT2D eigenvalue weighted by Gasteiger charge is -2.22. The van der Waals surface area contributed by atoms with Gasteiger partial charge in [0.15, 0.2) is 0 Å². The van der Waals surface area contributed by atoms with E-state index >= 15 is 0 Å². The summed E-state index contributed by atoms with van der Waals surface area (Å²) in [5.41, 5.74) is 1.48. The topological polar surface area (TPSA) is 79.0 Å². The quantitative estimate of drug-likeness (QED) is 0.748. The molecule has 7 heteroatoms. The van der Waals surface area contributed by atoms with Gasteiger partial charge in [-0.1, -0.05) is 26.0 Å². The van der Waals surface area contributed by atoms with Crippen LogP contribution in [0, 0.1) is 5.92 Å². The Hall–Kier alpha value is -2.54. The number of likely N-dealkylation sites (tertiary alicyclic amines) is 1. The minimum absolute atomic E-state index is 0.0514. The molecule has 1 N–H and O–H groups in total. The standard InChI is InChI=1S/C20H22N4O2S/c1-12(2)10-13-11-15(23-20(26)21-13)19(25)24-9-5-7-16(24)18-22-14-6-3-4-8-17(14)27-18/h3-4,6,8,11-12,16H,5,7,9-10H2,1-2H3,(H,21,23,26)/t16-/m0/s1. The molecule has 3 aromatic rings. The van der Waals surface area contributed by atoms with Crippen molar-refractivity contribution in [2.45, 2.75) is 39.2 Å². The first kappa shape index (κ1) is 17.9. The zero-order valence-electron chi connectivity index (χ0n) is 15.4. The molecule has 1 atom stereocenters. The highest BCUT2D eigenvalue weighted by atomic mass is 32.1. The second kappa shape index (κ2) is 7.23. The monoisotopic (exact) mass is 382 g/mol. The highest BCUT2D eigenvalue weighted by molar-refractivity contribution is 7.18. The van der Waals surface area contributed by atoms with E-state index in [0.717, 1.165) is 33.8 Å². The Kier molecular flexibility index (Phi) is 4.78. The Balaban J connectivity index is 1.64. The number of rotatable bonds is 4. The van der Waals surface area contributed by atoms with Gasteiger partial charge in [-0.15, -0.1) is 11.3 Å². The number of para-hydroxylation sites is 1. The van der Waals surface area contributed by atoms with Crippen molar-refractivity contribution in [3.63, 3.8) is 0 Å². The zero-order valence-corrected chi connectivity index (χ0v) is 16.3. The lowest BCUT2D eigenvalue weighted by Crippen LogP contribution is -2.33. The molecule has 6 nitrogen and oxygen atoms in total. The molecule has 0 aliphatic carbocycles. The summed E-state index contributed by atoms with van der Waals surface area (Å²) in [5.74, 6) is 0.196. The van der Waals surface area contributed by atoms with Crippen LogP contribution < -0.4 is 5.69 Å². The molecule has 27 heavy (non-hydrogen) atoms. The molecule has 1 amide bonds. The third-order valence-corrected chi connectivity index (χ3v) is 5.89. The number of amides is 1. The summed E-state index contributed by atoms with van der Waals surface area (Å²) in [5, 5.41) is 0.953. The summed E-state index contributed by atoms with van der Waals surface area (Å²) < 4.78 is 1.13. The third-order valence-electron chi connectivity index (χ3n) is 4.76. The highest BCUT2D eigenvalue weighted by Gasteiger charge is 2.33. The fraction of sp³-hybridized carbons (Fsp3) is 0.400. The van der Waals surface area contributed by atoms with E-state index in [4.69, 9.17) is 4.98 Å². The van der Waals surface area contributed by atoms with Gasteiger partial charge in [-0.2, -0.15) is 4.98 Å².